The highest BCUT2D eigenvalue weighted by atomic mass is 32.2. The van der Waals surface area contributed by atoms with E-state index in [2.05, 4.69) is 15.5 Å². The molecule has 0 atom stereocenters. The van der Waals surface area contributed by atoms with Crippen LogP contribution in [0.4, 0.5) is 0 Å². The second-order valence-electron chi connectivity index (χ2n) is 6.52. The number of fused-ring (bicyclic) bond motifs is 1. The first-order chi connectivity index (χ1) is 14.5. The predicted octanol–water partition coefficient (Wildman–Crippen LogP) is 2.75. The van der Waals surface area contributed by atoms with Crippen molar-refractivity contribution in [2.75, 3.05) is 13.1 Å². The van der Waals surface area contributed by atoms with Crippen molar-refractivity contribution in [2.24, 2.45) is 0 Å². The zero-order chi connectivity index (χ0) is 21.1. The van der Waals surface area contributed by atoms with Gasteiger partial charge in [-0.15, -0.1) is 5.10 Å². The van der Waals surface area contributed by atoms with Crippen LogP contribution < -0.4 is 4.84 Å². The average molecular weight is 427 g/mol. The SMILES string of the molecule is CCN(CC)S(=O)(=O)c1ccc2nnn(OCc3cc(-c4ccccc4)no3)c2c1. The lowest BCUT2D eigenvalue weighted by Gasteiger charge is -2.18. The molecule has 0 saturated heterocycles. The highest BCUT2D eigenvalue weighted by Gasteiger charge is 2.23. The summed E-state index contributed by atoms with van der Waals surface area (Å²) in [4.78, 5) is 7.04. The van der Waals surface area contributed by atoms with Crippen LogP contribution in [0.2, 0.25) is 0 Å². The zero-order valence-electron chi connectivity index (χ0n) is 16.6. The van der Waals surface area contributed by atoms with Crippen molar-refractivity contribution in [2.45, 2.75) is 25.3 Å². The molecule has 10 heteroatoms. The molecule has 30 heavy (non-hydrogen) atoms. The average Bonchev–Trinajstić information content (AvgIpc) is 3.40. The van der Waals surface area contributed by atoms with Gasteiger partial charge in [-0.25, -0.2) is 8.42 Å². The first kappa shape index (κ1) is 20.0. The largest absolute Gasteiger partial charge is 0.387 e. The summed E-state index contributed by atoms with van der Waals surface area (Å²) in [6, 6.07) is 16.1. The molecule has 0 saturated carbocycles. The van der Waals surface area contributed by atoms with E-state index in [-0.39, 0.29) is 11.5 Å². The molecule has 0 radical (unpaired) electrons. The van der Waals surface area contributed by atoms with Gasteiger partial charge in [-0.05, 0) is 23.4 Å². The first-order valence-corrected chi connectivity index (χ1v) is 11.0. The molecular formula is C20H21N5O4S. The lowest BCUT2D eigenvalue weighted by molar-refractivity contribution is 0.0610. The Balaban J connectivity index is 1.56. The van der Waals surface area contributed by atoms with Gasteiger partial charge in [0.25, 0.3) is 0 Å². The molecule has 0 spiro atoms. The summed E-state index contributed by atoms with van der Waals surface area (Å²) in [6.45, 7) is 4.44. The number of aromatic nitrogens is 4. The first-order valence-electron chi connectivity index (χ1n) is 9.53. The molecule has 4 rings (SSSR count). The fraction of sp³-hybridized carbons (Fsp3) is 0.250. The van der Waals surface area contributed by atoms with Gasteiger partial charge in [0, 0.05) is 24.7 Å². The van der Waals surface area contributed by atoms with Gasteiger partial charge < -0.3 is 9.36 Å². The second-order valence-corrected chi connectivity index (χ2v) is 8.46. The fourth-order valence-corrected chi connectivity index (χ4v) is 4.58. The molecule has 0 N–H and O–H groups in total. The van der Waals surface area contributed by atoms with Crippen LogP contribution >= 0.6 is 0 Å². The minimum absolute atomic E-state index is 0.0608. The van der Waals surface area contributed by atoms with Crippen LogP contribution in [0.15, 0.2) is 64.0 Å². The highest BCUT2D eigenvalue weighted by molar-refractivity contribution is 7.89. The molecule has 2 aromatic carbocycles. The van der Waals surface area contributed by atoms with Gasteiger partial charge in [0.05, 0.1) is 4.90 Å². The second kappa shape index (κ2) is 8.25. The van der Waals surface area contributed by atoms with Gasteiger partial charge in [0.1, 0.15) is 16.7 Å². The Hall–Kier alpha value is -3.24. The van der Waals surface area contributed by atoms with Crippen molar-refractivity contribution in [1.82, 2.24) is 24.6 Å². The maximum absolute atomic E-state index is 12.8. The van der Waals surface area contributed by atoms with Crippen LogP contribution in [0.3, 0.4) is 0 Å². The minimum atomic E-state index is -3.60. The summed E-state index contributed by atoms with van der Waals surface area (Å²) in [5, 5.41) is 12.0. The maximum Gasteiger partial charge on any atom is 0.243 e. The van der Waals surface area contributed by atoms with Crippen LogP contribution in [0.25, 0.3) is 22.3 Å². The van der Waals surface area contributed by atoms with Crippen LogP contribution in [-0.4, -0.2) is 46.1 Å². The monoisotopic (exact) mass is 427 g/mol. The molecule has 0 aliphatic rings. The van der Waals surface area contributed by atoms with E-state index in [0.717, 1.165) is 5.56 Å². The number of rotatable bonds is 8. The molecule has 0 bridgehead atoms. The van der Waals surface area contributed by atoms with Gasteiger partial charge >= 0.3 is 0 Å². The van der Waals surface area contributed by atoms with Gasteiger partial charge in [-0.1, -0.05) is 54.2 Å². The molecular weight excluding hydrogens is 406 g/mol. The topological polar surface area (TPSA) is 103 Å². The van der Waals surface area contributed by atoms with Crippen molar-refractivity contribution in [3.8, 4) is 11.3 Å². The lowest BCUT2D eigenvalue weighted by Crippen LogP contribution is -2.30. The Kier molecular flexibility index (Phi) is 5.51. The standard InChI is InChI=1S/C20H21N5O4S/c1-3-24(4-2)30(26,27)17-10-11-18-20(13-17)25(23-21-18)28-14-16-12-19(22-29-16)15-8-6-5-7-9-15/h5-13H,3-4,14H2,1-2H3. The normalized spacial score (nSPS) is 12.0. The molecule has 2 heterocycles. The van der Waals surface area contributed by atoms with E-state index >= 15 is 0 Å². The molecule has 0 unspecified atom stereocenters. The zero-order valence-corrected chi connectivity index (χ0v) is 17.4. The summed E-state index contributed by atoms with van der Waals surface area (Å²) in [6.07, 6.45) is 0. The van der Waals surface area contributed by atoms with Gasteiger partial charge in [0.15, 0.2) is 12.4 Å². The third-order valence-corrected chi connectivity index (χ3v) is 6.73. The lowest BCUT2D eigenvalue weighted by atomic mass is 10.1. The molecule has 0 aliphatic carbocycles. The molecule has 0 amide bonds. The van der Waals surface area contributed by atoms with Gasteiger partial charge in [-0.2, -0.15) is 4.31 Å². The van der Waals surface area contributed by atoms with E-state index in [4.69, 9.17) is 9.36 Å². The molecule has 0 fully saturated rings. The van der Waals surface area contributed by atoms with Gasteiger partial charge in [-0.3, -0.25) is 0 Å². The molecule has 9 nitrogen and oxygen atoms in total. The van der Waals surface area contributed by atoms with Crippen molar-refractivity contribution in [3.63, 3.8) is 0 Å². The quantitative estimate of drug-likeness (QED) is 0.426. The number of sulfonamides is 1. The molecule has 4 aromatic rings. The number of nitrogens with zero attached hydrogens (tertiary/aromatic N) is 5. The van der Waals surface area contributed by atoms with Crippen LogP contribution in [0, 0.1) is 0 Å². The van der Waals surface area contributed by atoms with E-state index in [1.165, 1.54) is 21.3 Å². The molecule has 2 aromatic heterocycles. The number of hydrogen-bond acceptors (Lipinski definition) is 7. The van der Waals surface area contributed by atoms with Crippen LogP contribution in [-0.2, 0) is 16.6 Å². The summed E-state index contributed by atoms with van der Waals surface area (Å²) < 4.78 is 32.3. The maximum atomic E-state index is 12.8. The summed E-state index contributed by atoms with van der Waals surface area (Å²) in [7, 11) is -3.60. The van der Waals surface area contributed by atoms with Crippen molar-refractivity contribution in [3.05, 3.63) is 60.4 Å². The molecule has 0 aliphatic heterocycles. The van der Waals surface area contributed by atoms with Gasteiger partial charge in [0.2, 0.25) is 10.0 Å². The minimum Gasteiger partial charge on any atom is -0.387 e. The number of benzene rings is 2. The Labute approximate surface area is 173 Å². The number of hydrogen-bond donors (Lipinski definition) is 0. The Morgan fingerprint density at radius 2 is 1.83 bits per heavy atom. The van der Waals surface area contributed by atoms with Crippen molar-refractivity contribution in [1.29, 1.82) is 0 Å². The van der Waals surface area contributed by atoms with Crippen molar-refractivity contribution < 1.29 is 17.8 Å². The Morgan fingerprint density at radius 3 is 2.57 bits per heavy atom. The van der Waals surface area contributed by atoms with Crippen LogP contribution in [0.5, 0.6) is 0 Å². The summed E-state index contributed by atoms with van der Waals surface area (Å²) >= 11 is 0. The Bertz CT molecular complexity index is 1250. The summed E-state index contributed by atoms with van der Waals surface area (Å²) in [5.41, 5.74) is 2.61. The van der Waals surface area contributed by atoms with Crippen LogP contribution in [0.1, 0.15) is 19.6 Å². The van der Waals surface area contributed by atoms with E-state index < -0.39 is 10.0 Å². The highest BCUT2D eigenvalue weighted by Crippen LogP contribution is 2.21. The van der Waals surface area contributed by atoms with E-state index in [1.807, 2.05) is 30.3 Å². The van der Waals surface area contributed by atoms with Crippen molar-refractivity contribution >= 4 is 21.1 Å². The third-order valence-electron chi connectivity index (χ3n) is 4.69. The summed E-state index contributed by atoms with van der Waals surface area (Å²) in [5.74, 6) is 0.504. The van der Waals surface area contributed by atoms with E-state index in [0.29, 0.717) is 35.6 Å². The molecule has 156 valence electrons. The van der Waals surface area contributed by atoms with E-state index in [1.54, 1.807) is 26.0 Å². The predicted molar refractivity (Wildman–Crippen MR) is 110 cm³/mol. The fourth-order valence-electron chi connectivity index (χ4n) is 3.10. The smallest absolute Gasteiger partial charge is 0.243 e. The Morgan fingerprint density at radius 1 is 1.07 bits per heavy atom. The third kappa shape index (κ3) is 3.79. The van der Waals surface area contributed by atoms with E-state index in [9.17, 15) is 8.42 Å².